The number of hydrogen-bond acceptors (Lipinski definition) is 7. The molecule has 30 heavy (non-hydrogen) atoms. The number of thiazole rings is 1. The van der Waals surface area contributed by atoms with Crippen LogP contribution in [-0.4, -0.2) is 32.5 Å². The summed E-state index contributed by atoms with van der Waals surface area (Å²) in [7, 11) is 0. The molecular formula is C20H18FN5O3S. The SMILES string of the molecule is O=C(NC1(C(=O)O)CC1)c1ccc(F)c(NCc2cnc(Nc3ccccn3)s2)c1. The van der Waals surface area contributed by atoms with Crippen LogP contribution in [0.4, 0.5) is 21.0 Å². The molecule has 1 aliphatic carbocycles. The number of benzene rings is 1. The van der Waals surface area contributed by atoms with Gasteiger partial charge in [-0.3, -0.25) is 4.79 Å². The van der Waals surface area contributed by atoms with Crippen molar-refractivity contribution in [1.82, 2.24) is 15.3 Å². The first-order chi connectivity index (χ1) is 14.4. The number of pyridine rings is 1. The standard InChI is InChI=1S/C20H18FN5O3S/c21-14-5-4-12(17(27)26-20(6-7-20)18(28)29)9-15(14)23-10-13-11-24-19(30-13)25-16-3-1-2-8-22-16/h1-5,8-9,11,23H,6-7,10H2,(H,26,27)(H,28,29)(H,22,24,25). The number of aliphatic carboxylic acids is 1. The number of nitrogens with one attached hydrogen (secondary N) is 3. The van der Waals surface area contributed by atoms with Gasteiger partial charge in [-0.15, -0.1) is 0 Å². The van der Waals surface area contributed by atoms with Gasteiger partial charge in [-0.05, 0) is 43.2 Å². The minimum Gasteiger partial charge on any atom is -0.480 e. The Kier molecular flexibility index (Phi) is 5.32. The van der Waals surface area contributed by atoms with Crippen molar-refractivity contribution in [3.63, 3.8) is 0 Å². The van der Waals surface area contributed by atoms with Crippen molar-refractivity contribution in [3.05, 3.63) is 65.0 Å². The van der Waals surface area contributed by atoms with Crippen LogP contribution >= 0.6 is 11.3 Å². The van der Waals surface area contributed by atoms with E-state index in [0.29, 0.717) is 30.3 Å². The van der Waals surface area contributed by atoms with E-state index in [9.17, 15) is 19.1 Å². The van der Waals surface area contributed by atoms with Gasteiger partial charge in [-0.2, -0.15) is 0 Å². The third kappa shape index (κ3) is 4.38. The molecule has 154 valence electrons. The highest BCUT2D eigenvalue weighted by Crippen LogP contribution is 2.36. The average Bonchev–Trinajstić information content (AvgIpc) is 3.39. The molecular weight excluding hydrogens is 409 g/mol. The summed E-state index contributed by atoms with van der Waals surface area (Å²) in [4.78, 5) is 32.9. The summed E-state index contributed by atoms with van der Waals surface area (Å²) < 4.78 is 14.2. The Bertz CT molecular complexity index is 1090. The second-order valence-corrected chi connectivity index (χ2v) is 7.98. The summed E-state index contributed by atoms with van der Waals surface area (Å²) in [5.41, 5.74) is -0.859. The minimum atomic E-state index is -1.20. The van der Waals surface area contributed by atoms with Gasteiger partial charge in [0.15, 0.2) is 5.13 Å². The molecule has 0 saturated heterocycles. The fourth-order valence-electron chi connectivity index (χ4n) is 2.78. The number of carboxylic acids is 1. The van der Waals surface area contributed by atoms with Crippen molar-refractivity contribution >= 4 is 39.9 Å². The van der Waals surface area contributed by atoms with E-state index in [1.807, 2.05) is 18.2 Å². The number of anilines is 3. The first-order valence-electron chi connectivity index (χ1n) is 9.17. The number of nitrogens with zero attached hydrogens (tertiary/aromatic N) is 2. The Morgan fingerprint density at radius 3 is 2.73 bits per heavy atom. The third-order valence-corrected chi connectivity index (χ3v) is 5.56. The number of amides is 1. The van der Waals surface area contributed by atoms with E-state index in [1.54, 1.807) is 12.4 Å². The quantitative estimate of drug-likeness (QED) is 0.435. The maximum atomic E-state index is 14.2. The van der Waals surface area contributed by atoms with Crippen LogP contribution in [0.15, 0.2) is 48.8 Å². The molecule has 1 aromatic carbocycles. The molecule has 1 saturated carbocycles. The van der Waals surface area contributed by atoms with E-state index >= 15 is 0 Å². The highest BCUT2D eigenvalue weighted by Gasteiger charge is 2.51. The Balaban J connectivity index is 1.39. The van der Waals surface area contributed by atoms with Gasteiger partial charge in [0.05, 0.1) is 12.2 Å². The van der Waals surface area contributed by atoms with Gasteiger partial charge in [0, 0.05) is 22.8 Å². The number of rotatable bonds is 8. The normalized spacial score (nSPS) is 14.0. The third-order valence-electron chi connectivity index (χ3n) is 4.65. The number of hydrogen-bond donors (Lipinski definition) is 4. The summed E-state index contributed by atoms with van der Waals surface area (Å²) in [6.07, 6.45) is 4.12. The van der Waals surface area contributed by atoms with E-state index in [0.717, 1.165) is 4.88 Å². The van der Waals surface area contributed by atoms with E-state index < -0.39 is 23.2 Å². The molecule has 0 atom stereocenters. The number of halogens is 1. The molecule has 0 radical (unpaired) electrons. The van der Waals surface area contributed by atoms with E-state index in [1.165, 1.54) is 29.5 Å². The fraction of sp³-hybridized carbons (Fsp3) is 0.200. The topological polar surface area (TPSA) is 116 Å². The molecule has 0 spiro atoms. The summed E-state index contributed by atoms with van der Waals surface area (Å²) in [5, 5.41) is 18.4. The molecule has 0 unspecified atom stereocenters. The molecule has 0 bridgehead atoms. The van der Waals surface area contributed by atoms with Crippen molar-refractivity contribution in [2.75, 3.05) is 10.6 Å². The molecule has 4 N–H and O–H groups in total. The van der Waals surface area contributed by atoms with Crippen molar-refractivity contribution in [2.24, 2.45) is 0 Å². The molecule has 1 fully saturated rings. The molecule has 4 rings (SSSR count). The summed E-state index contributed by atoms with van der Waals surface area (Å²) >= 11 is 1.39. The van der Waals surface area contributed by atoms with Crippen LogP contribution in [0.5, 0.6) is 0 Å². The Hall–Kier alpha value is -3.53. The molecule has 0 aliphatic heterocycles. The lowest BCUT2D eigenvalue weighted by molar-refractivity contribution is -0.140. The monoisotopic (exact) mass is 427 g/mol. The highest BCUT2D eigenvalue weighted by molar-refractivity contribution is 7.15. The lowest BCUT2D eigenvalue weighted by atomic mass is 10.1. The number of carboxylic acid groups (broad SMARTS) is 1. The van der Waals surface area contributed by atoms with E-state index in [-0.39, 0.29) is 11.3 Å². The smallest absolute Gasteiger partial charge is 0.329 e. The zero-order chi connectivity index (χ0) is 21.1. The maximum absolute atomic E-state index is 14.2. The summed E-state index contributed by atoms with van der Waals surface area (Å²) in [6, 6.07) is 9.38. The zero-order valence-corrected chi connectivity index (χ0v) is 16.5. The second kappa shape index (κ2) is 8.07. The van der Waals surface area contributed by atoms with Crippen LogP contribution in [0.25, 0.3) is 0 Å². The first kappa shape index (κ1) is 19.8. The Labute approximate surface area is 175 Å². The average molecular weight is 427 g/mol. The molecule has 1 amide bonds. The lowest BCUT2D eigenvalue weighted by Crippen LogP contribution is -2.43. The first-order valence-corrected chi connectivity index (χ1v) is 9.99. The van der Waals surface area contributed by atoms with Crippen molar-refractivity contribution in [3.8, 4) is 0 Å². The molecule has 1 aliphatic rings. The van der Waals surface area contributed by atoms with Crippen molar-refractivity contribution in [1.29, 1.82) is 0 Å². The molecule has 10 heteroatoms. The number of aromatic nitrogens is 2. The number of carbonyl (C=O) groups is 2. The molecule has 2 heterocycles. The molecule has 3 aromatic rings. The van der Waals surface area contributed by atoms with Gasteiger partial charge in [0.2, 0.25) is 0 Å². The fourth-order valence-corrected chi connectivity index (χ4v) is 3.54. The minimum absolute atomic E-state index is 0.149. The van der Waals surface area contributed by atoms with Gasteiger partial charge >= 0.3 is 5.97 Å². The summed E-state index contributed by atoms with van der Waals surface area (Å²) in [5.74, 6) is -1.44. The predicted molar refractivity (Wildman–Crippen MR) is 110 cm³/mol. The molecule has 8 nitrogen and oxygen atoms in total. The van der Waals surface area contributed by atoms with E-state index in [4.69, 9.17) is 0 Å². The van der Waals surface area contributed by atoms with Crippen molar-refractivity contribution in [2.45, 2.75) is 24.9 Å². The summed E-state index contributed by atoms with van der Waals surface area (Å²) in [6.45, 7) is 0.308. The van der Waals surface area contributed by atoms with Gasteiger partial charge in [0.25, 0.3) is 5.91 Å². The van der Waals surface area contributed by atoms with Crippen LogP contribution in [0, 0.1) is 5.82 Å². The molecule has 2 aromatic heterocycles. The predicted octanol–water partition coefficient (Wildman–Crippen LogP) is 3.38. The Morgan fingerprint density at radius 2 is 2.03 bits per heavy atom. The van der Waals surface area contributed by atoms with Crippen LogP contribution in [0.3, 0.4) is 0 Å². The maximum Gasteiger partial charge on any atom is 0.329 e. The van der Waals surface area contributed by atoms with Crippen LogP contribution in [0.1, 0.15) is 28.1 Å². The number of carbonyl (C=O) groups excluding carboxylic acids is 1. The Morgan fingerprint density at radius 1 is 1.20 bits per heavy atom. The second-order valence-electron chi connectivity index (χ2n) is 6.86. The van der Waals surface area contributed by atoms with Crippen molar-refractivity contribution < 1.29 is 19.1 Å². The van der Waals surface area contributed by atoms with Gasteiger partial charge < -0.3 is 21.1 Å². The largest absolute Gasteiger partial charge is 0.480 e. The van der Waals surface area contributed by atoms with Gasteiger partial charge in [0.1, 0.15) is 17.2 Å². The van der Waals surface area contributed by atoms with E-state index in [2.05, 4.69) is 25.9 Å². The van der Waals surface area contributed by atoms with Gasteiger partial charge in [-0.1, -0.05) is 17.4 Å². The van der Waals surface area contributed by atoms with Crippen LogP contribution in [0.2, 0.25) is 0 Å². The highest BCUT2D eigenvalue weighted by atomic mass is 32.1. The zero-order valence-electron chi connectivity index (χ0n) is 15.7. The lowest BCUT2D eigenvalue weighted by Gasteiger charge is -2.13. The van der Waals surface area contributed by atoms with Gasteiger partial charge in [-0.25, -0.2) is 19.2 Å². The van der Waals surface area contributed by atoms with Crippen LogP contribution in [-0.2, 0) is 11.3 Å². The van der Waals surface area contributed by atoms with Crippen LogP contribution < -0.4 is 16.0 Å².